The molecule has 0 saturated carbocycles. The number of nitrogens with zero attached hydrogens (tertiary/aromatic N) is 2. The summed E-state index contributed by atoms with van der Waals surface area (Å²) in [6, 6.07) is 8.34. The zero-order valence-corrected chi connectivity index (χ0v) is 12.6. The van der Waals surface area contributed by atoms with E-state index in [1.54, 1.807) is 6.33 Å². The lowest BCUT2D eigenvalue weighted by Gasteiger charge is -2.14. The Hall–Kier alpha value is -1.16. The van der Waals surface area contributed by atoms with Crippen LogP contribution in [-0.4, -0.2) is 16.5 Å². The molecule has 3 rings (SSSR count). The van der Waals surface area contributed by atoms with E-state index in [0.29, 0.717) is 6.04 Å². The smallest absolute Gasteiger partial charge is 0.115 e. The van der Waals surface area contributed by atoms with Crippen molar-refractivity contribution in [1.29, 1.82) is 0 Å². The summed E-state index contributed by atoms with van der Waals surface area (Å²) in [5.41, 5.74) is 3.57. The SMILES string of the molecule is Cl.Clc1ccc(Cc2cncnc2C2CCCN2)cc1. The Bertz CT molecular complexity index is 551. The molecule has 0 bridgehead atoms. The zero-order valence-electron chi connectivity index (χ0n) is 11.1. The van der Waals surface area contributed by atoms with Crippen molar-refractivity contribution in [2.24, 2.45) is 0 Å². The van der Waals surface area contributed by atoms with E-state index in [4.69, 9.17) is 11.6 Å². The first kappa shape index (κ1) is 15.2. The molecule has 1 unspecified atom stereocenters. The maximum atomic E-state index is 5.91. The zero-order chi connectivity index (χ0) is 13.1. The largest absolute Gasteiger partial charge is 0.309 e. The van der Waals surface area contributed by atoms with Crippen molar-refractivity contribution in [3.8, 4) is 0 Å². The van der Waals surface area contributed by atoms with Crippen molar-refractivity contribution in [2.75, 3.05) is 6.54 Å². The molecule has 1 fully saturated rings. The van der Waals surface area contributed by atoms with Crippen molar-refractivity contribution in [1.82, 2.24) is 15.3 Å². The third kappa shape index (κ3) is 3.48. The van der Waals surface area contributed by atoms with Gasteiger partial charge in [0.1, 0.15) is 6.33 Å². The van der Waals surface area contributed by atoms with Crippen molar-refractivity contribution >= 4 is 24.0 Å². The minimum Gasteiger partial charge on any atom is -0.309 e. The van der Waals surface area contributed by atoms with E-state index in [2.05, 4.69) is 27.4 Å². The Labute approximate surface area is 130 Å². The van der Waals surface area contributed by atoms with Gasteiger partial charge in [-0.15, -0.1) is 12.4 Å². The Kier molecular flexibility index (Phi) is 5.35. The Balaban J connectivity index is 0.00000147. The Morgan fingerprint density at radius 1 is 1.25 bits per heavy atom. The first-order valence-electron chi connectivity index (χ1n) is 6.59. The predicted octanol–water partition coefficient (Wildman–Crippen LogP) is 3.57. The van der Waals surface area contributed by atoms with Gasteiger partial charge in [0.2, 0.25) is 0 Å². The summed E-state index contributed by atoms with van der Waals surface area (Å²) in [6.07, 6.45) is 6.79. The van der Waals surface area contributed by atoms with Crippen LogP contribution in [0.15, 0.2) is 36.8 Å². The monoisotopic (exact) mass is 309 g/mol. The lowest BCUT2D eigenvalue weighted by molar-refractivity contribution is 0.618. The highest BCUT2D eigenvalue weighted by atomic mass is 35.5. The number of hydrogen-bond donors (Lipinski definition) is 1. The molecule has 5 heteroatoms. The van der Waals surface area contributed by atoms with Crippen LogP contribution in [0.5, 0.6) is 0 Å². The molecule has 1 aliphatic heterocycles. The summed E-state index contributed by atoms with van der Waals surface area (Å²) in [6.45, 7) is 1.08. The van der Waals surface area contributed by atoms with Crippen LogP contribution < -0.4 is 5.32 Å². The number of nitrogens with one attached hydrogen (secondary N) is 1. The van der Waals surface area contributed by atoms with Crippen molar-refractivity contribution in [3.63, 3.8) is 0 Å². The molecular weight excluding hydrogens is 293 g/mol. The minimum atomic E-state index is 0. The van der Waals surface area contributed by atoms with Crippen LogP contribution in [0.4, 0.5) is 0 Å². The van der Waals surface area contributed by atoms with Crippen LogP contribution in [0, 0.1) is 0 Å². The molecule has 3 nitrogen and oxygen atoms in total. The molecule has 1 atom stereocenters. The summed E-state index contributed by atoms with van der Waals surface area (Å²) in [5.74, 6) is 0. The summed E-state index contributed by atoms with van der Waals surface area (Å²) in [5, 5.41) is 4.27. The number of halogens is 2. The molecule has 0 aliphatic carbocycles. The van der Waals surface area contributed by atoms with Crippen molar-refractivity contribution in [2.45, 2.75) is 25.3 Å². The fourth-order valence-corrected chi connectivity index (χ4v) is 2.68. The fraction of sp³-hybridized carbons (Fsp3) is 0.333. The summed E-state index contributed by atoms with van der Waals surface area (Å²) in [7, 11) is 0. The van der Waals surface area contributed by atoms with Gasteiger partial charge in [0.05, 0.1) is 5.69 Å². The molecule has 20 heavy (non-hydrogen) atoms. The van der Waals surface area contributed by atoms with E-state index in [1.807, 2.05) is 18.3 Å². The lowest BCUT2D eigenvalue weighted by Crippen LogP contribution is -2.16. The van der Waals surface area contributed by atoms with Gasteiger partial charge in [0.25, 0.3) is 0 Å². The fourth-order valence-electron chi connectivity index (χ4n) is 2.56. The molecule has 1 aromatic carbocycles. The van der Waals surface area contributed by atoms with Gasteiger partial charge in [-0.05, 0) is 42.6 Å². The maximum Gasteiger partial charge on any atom is 0.115 e. The molecule has 0 spiro atoms. The molecule has 1 N–H and O–H groups in total. The molecule has 0 radical (unpaired) electrons. The second-order valence-electron chi connectivity index (χ2n) is 4.89. The van der Waals surface area contributed by atoms with E-state index >= 15 is 0 Å². The molecule has 2 aromatic rings. The normalized spacial score (nSPS) is 17.8. The average Bonchev–Trinajstić information content (AvgIpc) is 2.96. The van der Waals surface area contributed by atoms with Gasteiger partial charge in [0, 0.05) is 23.7 Å². The summed E-state index contributed by atoms with van der Waals surface area (Å²) >= 11 is 5.91. The van der Waals surface area contributed by atoms with E-state index in [-0.39, 0.29) is 12.4 Å². The second kappa shape index (κ2) is 7.02. The first-order chi connectivity index (χ1) is 9.33. The topological polar surface area (TPSA) is 37.8 Å². The third-order valence-corrected chi connectivity index (χ3v) is 3.77. The second-order valence-corrected chi connectivity index (χ2v) is 5.32. The van der Waals surface area contributed by atoms with Crippen LogP contribution >= 0.6 is 24.0 Å². The van der Waals surface area contributed by atoms with Crippen LogP contribution in [0.1, 0.15) is 35.7 Å². The Morgan fingerprint density at radius 2 is 2.05 bits per heavy atom. The van der Waals surface area contributed by atoms with Gasteiger partial charge in [0.15, 0.2) is 0 Å². The van der Waals surface area contributed by atoms with E-state index in [1.165, 1.54) is 17.5 Å². The van der Waals surface area contributed by atoms with Gasteiger partial charge in [-0.2, -0.15) is 0 Å². The van der Waals surface area contributed by atoms with Gasteiger partial charge in [-0.3, -0.25) is 0 Å². The van der Waals surface area contributed by atoms with Crippen molar-refractivity contribution < 1.29 is 0 Å². The average molecular weight is 310 g/mol. The molecule has 1 aromatic heterocycles. The third-order valence-electron chi connectivity index (χ3n) is 3.52. The first-order valence-corrected chi connectivity index (χ1v) is 6.97. The Morgan fingerprint density at radius 3 is 2.75 bits per heavy atom. The standard InChI is InChI=1S/C15H16ClN3.ClH/c16-13-5-3-11(4-6-13)8-12-9-17-10-19-15(12)14-2-1-7-18-14;/h3-6,9-10,14,18H,1-2,7-8H2;1H. The number of aromatic nitrogens is 2. The maximum absolute atomic E-state index is 5.91. The van der Waals surface area contributed by atoms with Gasteiger partial charge in [-0.25, -0.2) is 9.97 Å². The molecule has 2 heterocycles. The quantitative estimate of drug-likeness (QED) is 0.942. The number of benzene rings is 1. The van der Waals surface area contributed by atoms with Crippen LogP contribution in [-0.2, 0) is 6.42 Å². The summed E-state index contributed by atoms with van der Waals surface area (Å²) in [4.78, 5) is 8.64. The number of hydrogen-bond acceptors (Lipinski definition) is 3. The minimum absolute atomic E-state index is 0. The van der Waals surface area contributed by atoms with Crippen molar-refractivity contribution in [3.05, 3.63) is 58.6 Å². The summed E-state index contributed by atoms with van der Waals surface area (Å²) < 4.78 is 0. The van der Waals surface area contributed by atoms with Gasteiger partial charge >= 0.3 is 0 Å². The number of rotatable bonds is 3. The van der Waals surface area contributed by atoms with Crippen LogP contribution in [0.3, 0.4) is 0 Å². The van der Waals surface area contributed by atoms with Crippen LogP contribution in [0.25, 0.3) is 0 Å². The van der Waals surface area contributed by atoms with Crippen LogP contribution in [0.2, 0.25) is 5.02 Å². The molecular formula is C15H17Cl2N3. The lowest BCUT2D eigenvalue weighted by atomic mass is 10.0. The molecule has 106 valence electrons. The molecule has 1 saturated heterocycles. The molecule has 0 amide bonds. The van der Waals surface area contributed by atoms with E-state index < -0.39 is 0 Å². The van der Waals surface area contributed by atoms with E-state index in [0.717, 1.165) is 30.1 Å². The van der Waals surface area contributed by atoms with Gasteiger partial charge < -0.3 is 5.32 Å². The highest BCUT2D eigenvalue weighted by Crippen LogP contribution is 2.25. The molecule has 1 aliphatic rings. The van der Waals surface area contributed by atoms with E-state index in [9.17, 15) is 0 Å². The predicted molar refractivity (Wildman–Crippen MR) is 83.5 cm³/mol. The van der Waals surface area contributed by atoms with Gasteiger partial charge in [-0.1, -0.05) is 23.7 Å². The highest BCUT2D eigenvalue weighted by molar-refractivity contribution is 6.30. The highest BCUT2D eigenvalue weighted by Gasteiger charge is 2.20.